The third-order valence-electron chi connectivity index (χ3n) is 1.94. The van der Waals surface area contributed by atoms with Crippen molar-refractivity contribution in [1.82, 2.24) is 16.1 Å². The van der Waals surface area contributed by atoms with Crippen LogP contribution < -0.4 is 11.1 Å². The lowest BCUT2D eigenvalue weighted by Gasteiger charge is -2.23. The summed E-state index contributed by atoms with van der Waals surface area (Å²) in [6.45, 7) is 8.44. The minimum atomic E-state index is 0.428. The molecule has 0 radical (unpaired) electrons. The van der Waals surface area contributed by atoms with Crippen molar-refractivity contribution < 1.29 is 0 Å². The normalized spacial score (nSPS) is 13.4. The van der Waals surface area contributed by atoms with Gasteiger partial charge >= 0.3 is 0 Å². The fourth-order valence-electron chi connectivity index (χ4n) is 0.870. The molecule has 0 unspecified atom stereocenters. The minimum absolute atomic E-state index is 0.428. The standard InChI is InChI=1S/C9H21N5/c1-5-7-8-9(3)14(4)13-12-11-10-6-2/h5,9H,1,6-8H2,2-4H3,(H,10,12)(H,11,13)/t9-/m1/s1. The van der Waals surface area contributed by atoms with Crippen molar-refractivity contribution in [3.63, 3.8) is 0 Å². The van der Waals surface area contributed by atoms with Crippen molar-refractivity contribution >= 4 is 0 Å². The number of allylic oxidation sites excluding steroid dienone is 1. The molecule has 0 aromatic rings. The molecule has 0 heterocycles. The van der Waals surface area contributed by atoms with Crippen LogP contribution in [-0.4, -0.2) is 24.6 Å². The lowest BCUT2D eigenvalue weighted by atomic mass is 10.2. The van der Waals surface area contributed by atoms with Gasteiger partial charge in [0.05, 0.1) is 6.54 Å². The summed E-state index contributed by atoms with van der Waals surface area (Å²) in [6.07, 6.45) is 4.01. The third kappa shape index (κ3) is 6.56. The predicted octanol–water partition coefficient (Wildman–Crippen LogP) is 1.67. The SMILES string of the molecule is C=CCC[C@@H](C)N(C)NNN=NCC. The first-order valence-electron chi connectivity index (χ1n) is 4.93. The van der Waals surface area contributed by atoms with E-state index in [2.05, 4.69) is 34.9 Å². The van der Waals surface area contributed by atoms with Gasteiger partial charge in [0.15, 0.2) is 0 Å². The molecule has 0 rings (SSSR count). The van der Waals surface area contributed by atoms with Crippen molar-refractivity contribution in [2.45, 2.75) is 32.7 Å². The molecule has 82 valence electrons. The minimum Gasteiger partial charge on any atom is -0.225 e. The highest BCUT2D eigenvalue weighted by Gasteiger charge is 2.06. The van der Waals surface area contributed by atoms with E-state index < -0.39 is 0 Å². The van der Waals surface area contributed by atoms with Gasteiger partial charge in [0.2, 0.25) is 0 Å². The van der Waals surface area contributed by atoms with Crippen molar-refractivity contribution in [3.05, 3.63) is 12.7 Å². The maximum absolute atomic E-state index is 3.77. The zero-order chi connectivity index (χ0) is 10.8. The Balaban J connectivity index is 3.55. The number of nitrogens with one attached hydrogen (secondary N) is 2. The summed E-state index contributed by atoms with van der Waals surface area (Å²) in [5.41, 5.74) is 5.57. The lowest BCUT2D eigenvalue weighted by Crippen LogP contribution is -2.46. The molecule has 5 nitrogen and oxygen atoms in total. The van der Waals surface area contributed by atoms with Crippen LogP contribution in [0.3, 0.4) is 0 Å². The van der Waals surface area contributed by atoms with Crippen LogP contribution in [0.25, 0.3) is 0 Å². The van der Waals surface area contributed by atoms with Gasteiger partial charge in [-0.2, -0.15) is 10.6 Å². The van der Waals surface area contributed by atoms with Gasteiger partial charge in [0.1, 0.15) is 0 Å². The Labute approximate surface area is 86.2 Å². The highest BCUT2D eigenvalue weighted by atomic mass is 15.8. The van der Waals surface area contributed by atoms with Gasteiger partial charge < -0.3 is 0 Å². The first kappa shape index (κ1) is 13.1. The van der Waals surface area contributed by atoms with Crippen LogP contribution in [0.1, 0.15) is 26.7 Å². The van der Waals surface area contributed by atoms with Crippen molar-refractivity contribution in [2.24, 2.45) is 10.3 Å². The molecule has 14 heavy (non-hydrogen) atoms. The van der Waals surface area contributed by atoms with E-state index in [1.807, 2.05) is 25.1 Å². The Bertz CT molecular complexity index is 169. The topological polar surface area (TPSA) is 52.0 Å². The molecule has 1 atom stereocenters. The molecule has 2 N–H and O–H groups in total. The van der Waals surface area contributed by atoms with E-state index in [1.54, 1.807) is 0 Å². The molecule has 0 saturated carbocycles. The summed E-state index contributed by atoms with van der Waals surface area (Å²) in [5.74, 6) is 0. The molecule has 0 amide bonds. The quantitative estimate of drug-likeness (QED) is 0.355. The second-order valence-electron chi connectivity index (χ2n) is 3.11. The van der Waals surface area contributed by atoms with Gasteiger partial charge in [-0.1, -0.05) is 11.3 Å². The van der Waals surface area contributed by atoms with Gasteiger partial charge in [-0.15, -0.1) is 6.58 Å². The molecule has 0 aliphatic rings. The summed E-state index contributed by atoms with van der Waals surface area (Å²) in [4.78, 5) is 0. The Hall–Kier alpha value is -0.940. The Morgan fingerprint density at radius 3 is 2.86 bits per heavy atom. The fraction of sp³-hybridized carbons (Fsp3) is 0.778. The molecule has 0 aliphatic carbocycles. The highest BCUT2D eigenvalue weighted by molar-refractivity contribution is 4.70. The van der Waals surface area contributed by atoms with E-state index in [4.69, 9.17) is 0 Å². The van der Waals surface area contributed by atoms with Gasteiger partial charge in [-0.25, -0.2) is 10.5 Å². The average Bonchev–Trinajstić information content (AvgIpc) is 2.20. The van der Waals surface area contributed by atoms with E-state index in [0.717, 1.165) is 12.8 Å². The number of hydrogen-bond acceptors (Lipinski definition) is 4. The van der Waals surface area contributed by atoms with Crippen LogP contribution >= 0.6 is 0 Å². The molecule has 0 fully saturated rings. The van der Waals surface area contributed by atoms with Crippen LogP contribution in [0.15, 0.2) is 23.0 Å². The molecular weight excluding hydrogens is 178 g/mol. The van der Waals surface area contributed by atoms with Crippen molar-refractivity contribution in [3.8, 4) is 0 Å². The largest absolute Gasteiger partial charge is 0.225 e. The van der Waals surface area contributed by atoms with Gasteiger partial charge in [0.25, 0.3) is 0 Å². The van der Waals surface area contributed by atoms with Crippen molar-refractivity contribution in [2.75, 3.05) is 13.6 Å². The summed E-state index contributed by atoms with van der Waals surface area (Å²) in [7, 11) is 1.96. The molecule has 0 aliphatic heterocycles. The molecule has 0 aromatic heterocycles. The zero-order valence-electron chi connectivity index (χ0n) is 9.32. The van der Waals surface area contributed by atoms with Crippen LogP contribution in [0, 0.1) is 0 Å². The summed E-state index contributed by atoms with van der Waals surface area (Å²) >= 11 is 0. The maximum atomic E-state index is 3.77. The highest BCUT2D eigenvalue weighted by Crippen LogP contribution is 2.01. The van der Waals surface area contributed by atoms with E-state index >= 15 is 0 Å². The summed E-state index contributed by atoms with van der Waals surface area (Å²) in [6, 6.07) is 0.428. The first-order chi connectivity index (χ1) is 6.72. The first-order valence-corrected chi connectivity index (χ1v) is 4.93. The monoisotopic (exact) mass is 199 g/mol. The maximum Gasteiger partial charge on any atom is 0.0592 e. The molecule has 0 spiro atoms. The molecule has 0 bridgehead atoms. The van der Waals surface area contributed by atoms with Gasteiger partial charge in [-0.3, -0.25) is 0 Å². The molecule has 0 aromatic carbocycles. The van der Waals surface area contributed by atoms with E-state index in [1.165, 1.54) is 0 Å². The second-order valence-corrected chi connectivity index (χ2v) is 3.11. The van der Waals surface area contributed by atoms with Crippen LogP contribution in [-0.2, 0) is 0 Å². The van der Waals surface area contributed by atoms with E-state index in [-0.39, 0.29) is 0 Å². The fourth-order valence-corrected chi connectivity index (χ4v) is 0.870. The van der Waals surface area contributed by atoms with Gasteiger partial charge in [-0.05, 0) is 26.7 Å². The van der Waals surface area contributed by atoms with Gasteiger partial charge in [0, 0.05) is 13.1 Å². The average molecular weight is 199 g/mol. The third-order valence-corrected chi connectivity index (χ3v) is 1.94. The Morgan fingerprint density at radius 2 is 2.29 bits per heavy atom. The number of rotatable bonds is 8. The number of nitrogens with zero attached hydrogens (tertiary/aromatic N) is 3. The van der Waals surface area contributed by atoms with Crippen LogP contribution in [0.2, 0.25) is 0 Å². The molecule has 0 saturated heterocycles. The van der Waals surface area contributed by atoms with Crippen LogP contribution in [0.5, 0.6) is 0 Å². The van der Waals surface area contributed by atoms with Crippen molar-refractivity contribution in [1.29, 1.82) is 0 Å². The summed E-state index contributed by atoms with van der Waals surface area (Å²) < 4.78 is 0. The van der Waals surface area contributed by atoms with E-state index in [0.29, 0.717) is 12.6 Å². The zero-order valence-corrected chi connectivity index (χ0v) is 9.32. The molecule has 5 heteroatoms. The molecular formula is C9H21N5. The Kier molecular flexibility index (Phi) is 8.07. The second kappa shape index (κ2) is 8.65. The summed E-state index contributed by atoms with van der Waals surface area (Å²) in [5, 5.41) is 9.42. The number of hydrogen-bond donors (Lipinski definition) is 2. The number of hydrazine groups is 2. The Morgan fingerprint density at radius 1 is 1.57 bits per heavy atom. The lowest BCUT2D eigenvalue weighted by molar-refractivity contribution is 0.134. The smallest absolute Gasteiger partial charge is 0.0592 e. The van der Waals surface area contributed by atoms with E-state index in [9.17, 15) is 0 Å². The predicted molar refractivity (Wildman–Crippen MR) is 58.3 cm³/mol. The van der Waals surface area contributed by atoms with Crippen LogP contribution in [0.4, 0.5) is 0 Å².